The standard InChI is InChI=1S/C9H14F3NO3/c10-9(11,12)7-8(14)16-6-3-13-1-4-15-5-2-13/h1-7H2/p+1. The summed E-state index contributed by atoms with van der Waals surface area (Å²) in [5.41, 5.74) is 0. The summed E-state index contributed by atoms with van der Waals surface area (Å²) in [7, 11) is 0. The van der Waals surface area contributed by atoms with Crippen LogP contribution in [0.15, 0.2) is 0 Å². The highest BCUT2D eigenvalue weighted by Gasteiger charge is 2.32. The van der Waals surface area contributed by atoms with E-state index in [1.165, 1.54) is 4.90 Å². The number of rotatable bonds is 4. The molecule has 0 aromatic carbocycles. The summed E-state index contributed by atoms with van der Waals surface area (Å²) < 4.78 is 44.9. The molecule has 0 atom stereocenters. The van der Waals surface area contributed by atoms with Gasteiger partial charge < -0.3 is 14.4 Å². The van der Waals surface area contributed by atoms with Gasteiger partial charge in [-0.2, -0.15) is 13.2 Å². The van der Waals surface area contributed by atoms with Gasteiger partial charge in [0.2, 0.25) is 0 Å². The van der Waals surface area contributed by atoms with Crippen molar-refractivity contribution in [1.29, 1.82) is 0 Å². The van der Waals surface area contributed by atoms with Gasteiger partial charge >= 0.3 is 12.1 Å². The van der Waals surface area contributed by atoms with Crippen molar-refractivity contribution in [2.75, 3.05) is 39.5 Å². The molecule has 16 heavy (non-hydrogen) atoms. The molecule has 1 rings (SSSR count). The summed E-state index contributed by atoms with van der Waals surface area (Å²) in [4.78, 5) is 11.9. The molecule has 0 radical (unpaired) electrons. The highest BCUT2D eigenvalue weighted by atomic mass is 19.4. The number of hydrogen-bond donors (Lipinski definition) is 1. The SMILES string of the molecule is O=C(CC(F)(F)F)OCC[NH+]1CCOCC1. The first-order chi connectivity index (χ1) is 7.47. The minimum atomic E-state index is -4.48. The van der Waals surface area contributed by atoms with E-state index in [4.69, 9.17) is 4.74 Å². The van der Waals surface area contributed by atoms with Crippen LogP contribution in [0, 0.1) is 0 Å². The Balaban J connectivity index is 2.08. The first-order valence-corrected chi connectivity index (χ1v) is 5.11. The van der Waals surface area contributed by atoms with Crippen LogP contribution in [-0.4, -0.2) is 51.6 Å². The van der Waals surface area contributed by atoms with Gasteiger partial charge in [0.05, 0.1) is 13.2 Å². The molecule has 0 saturated carbocycles. The lowest BCUT2D eigenvalue weighted by atomic mass is 10.4. The predicted octanol–water partition coefficient (Wildman–Crippen LogP) is -0.603. The van der Waals surface area contributed by atoms with E-state index in [-0.39, 0.29) is 6.61 Å². The molecule has 1 heterocycles. The smallest absolute Gasteiger partial charge is 0.399 e. The van der Waals surface area contributed by atoms with Crippen molar-refractivity contribution in [2.45, 2.75) is 12.6 Å². The Kier molecular flexibility index (Phi) is 5.01. The van der Waals surface area contributed by atoms with Crippen molar-refractivity contribution in [2.24, 2.45) is 0 Å². The van der Waals surface area contributed by atoms with Crippen molar-refractivity contribution in [3.63, 3.8) is 0 Å². The maximum atomic E-state index is 11.8. The quantitative estimate of drug-likeness (QED) is 0.669. The Bertz CT molecular complexity index is 227. The number of carbonyl (C=O) groups is 1. The summed E-state index contributed by atoms with van der Waals surface area (Å²) in [6, 6.07) is 0. The van der Waals surface area contributed by atoms with Crippen molar-refractivity contribution in [3.05, 3.63) is 0 Å². The molecular weight excluding hydrogens is 227 g/mol. The van der Waals surface area contributed by atoms with E-state index in [1.54, 1.807) is 0 Å². The predicted molar refractivity (Wildman–Crippen MR) is 48.0 cm³/mol. The highest BCUT2D eigenvalue weighted by molar-refractivity contribution is 5.70. The molecule has 4 nitrogen and oxygen atoms in total. The fourth-order valence-corrected chi connectivity index (χ4v) is 1.43. The number of esters is 1. The number of halogens is 3. The summed E-state index contributed by atoms with van der Waals surface area (Å²) >= 11 is 0. The van der Waals surface area contributed by atoms with Gasteiger partial charge in [0, 0.05) is 0 Å². The second-order valence-corrected chi connectivity index (χ2v) is 3.62. The van der Waals surface area contributed by atoms with Gasteiger partial charge in [0.1, 0.15) is 32.7 Å². The van der Waals surface area contributed by atoms with Crippen LogP contribution in [0.3, 0.4) is 0 Å². The zero-order valence-corrected chi connectivity index (χ0v) is 8.81. The molecule has 0 aliphatic carbocycles. The maximum absolute atomic E-state index is 11.8. The third kappa shape index (κ3) is 5.92. The third-order valence-electron chi connectivity index (χ3n) is 2.26. The molecule has 1 N–H and O–H groups in total. The fraction of sp³-hybridized carbons (Fsp3) is 0.889. The van der Waals surface area contributed by atoms with E-state index in [0.29, 0.717) is 19.8 Å². The van der Waals surface area contributed by atoms with Gasteiger partial charge in [-0.25, -0.2) is 0 Å². The molecule has 0 spiro atoms. The minimum Gasteiger partial charge on any atom is -0.459 e. The summed E-state index contributed by atoms with van der Waals surface area (Å²) in [5.74, 6) is -1.21. The summed E-state index contributed by atoms with van der Waals surface area (Å²) in [5, 5.41) is 0. The second-order valence-electron chi connectivity index (χ2n) is 3.62. The summed E-state index contributed by atoms with van der Waals surface area (Å²) in [6.07, 6.45) is -5.99. The number of ether oxygens (including phenoxy) is 2. The summed E-state index contributed by atoms with van der Waals surface area (Å²) in [6.45, 7) is 3.46. The van der Waals surface area contributed by atoms with E-state index < -0.39 is 18.6 Å². The van der Waals surface area contributed by atoms with E-state index in [0.717, 1.165) is 13.1 Å². The molecule has 0 unspecified atom stereocenters. The number of nitrogens with one attached hydrogen (secondary N) is 1. The van der Waals surface area contributed by atoms with Gasteiger partial charge in [0.15, 0.2) is 0 Å². The molecule has 1 saturated heterocycles. The topological polar surface area (TPSA) is 40.0 Å². The normalized spacial score (nSPS) is 18.4. The van der Waals surface area contributed by atoms with Gasteiger partial charge in [-0.3, -0.25) is 4.79 Å². The molecule has 0 bridgehead atoms. The molecule has 0 aromatic rings. The van der Waals surface area contributed by atoms with Gasteiger partial charge in [-0.1, -0.05) is 0 Å². The molecule has 7 heteroatoms. The van der Waals surface area contributed by atoms with Gasteiger partial charge in [-0.15, -0.1) is 0 Å². The number of alkyl halides is 3. The number of carbonyl (C=O) groups excluding carboxylic acids is 1. The fourth-order valence-electron chi connectivity index (χ4n) is 1.43. The van der Waals surface area contributed by atoms with Crippen molar-refractivity contribution < 1.29 is 32.3 Å². The molecule has 1 fully saturated rings. The van der Waals surface area contributed by atoms with Gasteiger partial charge in [0.25, 0.3) is 0 Å². The Morgan fingerprint density at radius 1 is 1.31 bits per heavy atom. The first kappa shape index (κ1) is 13.2. The van der Waals surface area contributed by atoms with E-state index in [2.05, 4.69) is 4.74 Å². The Morgan fingerprint density at radius 3 is 2.50 bits per heavy atom. The molecule has 0 amide bonds. The van der Waals surface area contributed by atoms with Gasteiger partial charge in [-0.05, 0) is 0 Å². The lowest BCUT2D eigenvalue weighted by Crippen LogP contribution is -3.14. The lowest BCUT2D eigenvalue weighted by Gasteiger charge is -2.23. The maximum Gasteiger partial charge on any atom is 0.399 e. The van der Waals surface area contributed by atoms with Crippen LogP contribution in [-0.2, 0) is 14.3 Å². The second kappa shape index (κ2) is 6.05. The van der Waals surface area contributed by atoms with Crippen LogP contribution >= 0.6 is 0 Å². The zero-order valence-electron chi connectivity index (χ0n) is 8.81. The molecule has 1 aliphatic rings. The Labute approximate surface area is 91.3 Å². The van der Waals surface area contributed by atoms with Crippen molar-refractivity contribution in [1.82, 2.24) is 0 Å². The molecule has 94 valence electrons. The highest BCUT2D eigenvalue weighted by Crippen LogP contribution is 2.19. The van der Waals surface area contributed by atoms with E-state index >= 15 is 0 Å². The third-order valence-corrected chi connectivity index (χ3v) is 2.26. The van der Waals surface area contributed by atoms with E-state index in [1.807, 2.05) is 0 Å². The molecule has 1 aliphatic heterocycles. The molecular formula is C9H15F3NO3+. The molecule has 0 aromatic heterocycles. The number of hydrogen-bond acceptors (Lipinski definition) is 3. The van der Waals surface area contributed by atoms with Crippen LogP contribution in [0.25, 0.3) is 0 Å². The number of quaternary nitrogens is 1. The van der Waals surface area contributed by atoms with Crippen molar-refractivity contribution >= 4 is 5.97 Å². The average molecular weight is 242 g/mol. The van der Waals surface area contributed by atoms with Crippen LogP contribution in [0.1, 0.15) is 6.42 Å². The van der Waals surface area contributed by atoms with Crippen LogP contribution in [0.2, 0.25) is 0 Å². The largest absolute Gasteiger partial charge is 0.459 e. The Morgan fingerprint density at radius 2 is 1.94 bits per heavy atom. The minimum absolute atomic E-state index is 0.0320. The van der Waals surface area contributed by atoms with Crippen LogP contribution in [0.5, 0.6) is 0 Å². The van der Waals surface area contributed by atoms with Crippen LogP contribution < -0.4 is 4.90 Å². The Hall–Kier alpha value is -0.820. The van der Waals surface area contributed by atoms with Crippen molar-refractivity contribution in [3.8, 4) is 0 Å². The first-order valence-electron chi connectivity index (χ1n) is 5.11. The lowest BCUT2D eigenvalue weighted by molar-refractivity contribution is -0.908. The monoisotopic (exact) mass is 242 g/mol. The van der Waals surface area contributed by atoms with Crippen LogP contribution in [0.4, 0.5) is 13.2 Å². The number of morpholine rings is 1. The van der Waals surface area contributed by atoms with E-state index in [9.17, 15) is 18.0 Å². The zero-order chi connectivity index (χ0) is 12.0. The average Bonchev–Trinajstić information content (AvgIpc) is 2.16.